The quantitative estimate of drug-likeness (QED) is 0.634. The Bertz CT molecular complexity index is 909. The second-order valence-corrected chi connectivity index (χ2v) is 8.01. The first-order valence-corrected chi connectivity index (χ1v) is 9.44. The standard InChI is InChI=1S/C18H19ClFN3S/c1-10-11(2)24-18-22-16(14-8-7-12(20)9-15(14)19)17(23(10)18)21-13-5-3-4-6-13/h7-9,13,21H,3-6H2,1-2H3. The monoisotopic (exact) mass is 363 g/mol. The molecule has 126 valence electrons. The Morgan fingerprint density at radius 3 is 2.75 bits per heavy atom. The zero-order valence-corrected chi connectivity index (χ0v) is 15.3. The van der Waals surface area contributed by atoms with Crippen LogP contribution in [0.3, 0.4) is 0 Å². The van der Waals surface area contributed by atoms with Crippen LogP contribution in [0.15, 0.2) is 18.2 Å². The van der Waals surface area contributed by atoms with Gasteiger partial charge in [0.05, 0.1) is 5.02 Å². The molecule has 0 aliphatic heterocycles. The molecule has 0 unspecified atom stereocenters. The van der Waals surface area contributed by atoms with Gasteiger partial charge in [0.15, 0.2) is 4.96 Å². The fraction of sp³-hybridized carbons (Fsp3) is 0.389. The van der Waals surface area contributed by atoms with Crippen LogP contribution in [-0.4, -0.2) is 15.4 Å². The van der Waals surface area contributed by atoms with E-state index in [-0.39, 0.29) is 5.82 Å². The van der Waals surface area contributed by atoms with Crippen LogP contribution in [0.4, 0.5) is 10.2 Å². The van der Waals surface area contributed by atoms with Crippen molar-refractivity contribution in [3.63, 3.8) is 0 Å². The third kappa shape index (κ3) is 2.60. The number of fused-ring (bicyclic) bond motifs is 1. The summed E-state index contributed by atoms with van der Waals surface area (Å²) in [5, 5.41) is 4.07. The van der Waals surface area contributed by atoms with Crippen LogP contribution in [0.2, 0.25) is 5.02 Å². The van der Waals surface area contributed by atoms with E-state index in [1.165, 1.54) is 48.4 Å². The van der Waals surface area contributed by atoms with E-state index in [0.717, 1.165) is 22.0 Å². The molecule has 1 aliphatic carbocycles. The summed E-state index contributed by atoms with van der Waals surface area (Å²) in [6.45, 7) is 4.22. The van der Waals surface area contributed by atoms with Crippen molar-refractivity contribution < 1.29 is 4.39 Å². The van der Waals surface area contributed by atoms with Gasteiger partial charge in [0, 0.05) is 22.2 Å². The number of benzene rings is 1. The number of nitrogens with zero attached hydrogens (tertiary/aromatic N) is 2. The molecule has 4 rings (SSSR count). The summed E-state index contributed by atoms with van der Waals surface area (Å²) in [5.74, 6) is 0.648. The van der Waals surface area contributed by atoms with Crippen molar-refractivity contribution in [2.75, 3.05) is 5.32 Å². The number of thiazole rings is 1. The van der Waals surface area contributed by atoms with Gasteiger partial charge in [-0.2, -0.15) is 0 Å². The van der Waals surface area contributed by atoms with Crippen molar-refractivity contribution in [2.45, 2.75) is 45.6 Å². The van der Waals surface area contributed by atoms with Crippen LogP contribution >= 0.6 is 22.9 Å². The Hall–Kier alpha value is -1.59. The van der Waals surface area contributed by atoms with E-state index in [4.69, 9.17) is 16.6 Å². The summed E-state index contributed by atoms with van der Waals surface area (Å²) in [6.07, 6.45) is 4.86. The minimum Gasteiger partial charge on any atom is -0.367 e. The van der Waals surface area contributed by atoms with E-state index in [1.54, 1.807) is 17.4 Å². The highest BCUT2D eigenvalue weighted by atomic mass is 35.5. The summed E-state index contributed by atoms with van der Waals surface area (Å²) >= 11 is 7.97. The molecule has 0 atom stereocenters. The third-order valence-electron chi connectivity index (χ3n) is 4.82. The summed E-state index contributed by atoms with van der Waals surface area (Å²) in [7, 11) is 0. The van der Waals surface area contributed by atoms with E-state index in [2.05, 4.69) is 23.6 Å². The number of hydrogen-bond donors (Lipinski definition) is 1. The number of rotatable bonds is 3. The highest BCUT2D eigenvalue weighted by molar-refractivity contribution is 7.17. The molecule has 0 amide bonds. The SMILES string of the molecule is Cc1sc2nc(-c3ccc(F)cc3Cl)c(NC3CCCC3)n2c1C. The fourth-order valence-corrected chi connectivity index (χ4v) is 4.64. The minimum absolute atomic E-state index is 0.331. The van der Waals surface area contributed by atoms with Crippen molar-refractivity contribution in [1.29, 1.82) is 0 Å². The normalized spacial score (nSPS) is 15.5. The van der Waals surface area contributed by atoms with Gasteiger partial charge in [0.1, 0.15) is 17.3 Å². The molecule has 1 N–H and O–H groups in total. The Kier molecular flexibility index (Phi) is 4.01. The molecule has 3 aromatic rings. The van der Waals surface area contributed by atoms with E-state index in [9.17, 15) is 4.39 Å². The molecule has 1 aliphatic rings. The molecule has 24 heavy (non-hydrogen) atoms. The lowest BCUT2D eigenvalue weighted by molar-refractivity contribution is 0.628. The van der Waals surface area contributed by atoms with E-state index >= 15 is 0 Å². The molecular formula is C18H19ClFN3S. The van der Waals surface area contributed by atoms with Crippen molar-refractivity contribution >= 4 is 33.7 Å². The van der Waals surface area contributed by atoms with E-state index in [1.807, 2.05) is 0 Å². The van der Waals surface area contributed by atoms with Crippen molar-refractivity contribution in [3.05, 3.63) is 39.6 Å². The maximum Gasteiger partial charge on any atom is 0.196 e. The van der Waals surface area contributed by atoms with E-state index in [0.29, 0.717) is 11.1 Å². The zero-order chi connectivity index (χ0) is 16.8. The second-order valence-electron chi connectivity index (χ2n) is 6.42. The van der Waals surface area contributed by atoms with Crippen molar-refractivity contribution in [3.8, 4) is 11.3 Å². The van der Waals surface area contributed by atoms with Crippen LogP contribution in [0.1, 0.15) is 36.3 Å². The summed E-state index contributed by atoms with van der Waals surface area (Å²) in [6, 6.07) is 4.96. The molecular weight excluding hydrogens is 345 g/mol. The molecule has 0 bridgehead atoms. The number of anilines is 1. The lowest BCUT2D eigenvalue weighted by atomic mass is 10.1. The van der Waals surface area contributed by atoms with Crippen molar-refractivity contribution in [1.82, 2.24) is 9.38 Å². The van der Waals surface area contributed by atoms with Crippen LogP contribution in [0.5, 0.6) is 0 Å². The molecule has 6 heteroatoms. The third-order valence-corrected chi connectivity index (χ3v) is 6.19. The number of aromatic nitrogens is 2. The fourth-order valence-electron chi connectivity index (χ4n) is 3.41. The molecule has 2 heterocycles. The first-order valence-electron chi connectivity index (χ1n) is 8.25. The predicted octanol–water partition coefficient (Wildman–Crippen LogP) is 5.83. The van der Waals surface area contributed by atoms with E-state index < -0.39 is 0 Å². The Labute approximate surface area is 149 Å². The molecule has 0 spiro atoms. The van der Waals surface area contributed by atoms with Gasteiger partial charge in [-0.15, -0.1) is 11.3 Å². The van der Waals surface area contributed by atoms with Gasteiger partial charge >= 0.3 is 0 Å². The highest BCUT2D eigenvalue weighted by Crippen LogP contribution is 2.38. The summed E-state index contributed by atoms with van der Waals surface area (Å²) in [4.78, 5) is 7.01. The van der Waals surface area contributed by atoms with Gasteiger partial charge < -0.3 is 5.32 Å². The highest BCUT2D eigenvalue weighted by Gasteiger charge is 2.24. The average molecular weight is 364 g/mol. The Morgan fingerprint density at radius 1 is 1.29 bits per heavy atom. The number of imidazole rings is 1. The Balaban J connectivity index is 1.90. The zero-order valence-electron chi connectivity index (χ0n) is 13.7. The molecule has 2 aromatic heterocycles. The topological polar surface area (TPSA) is 29.3 Å². The largest absolute Gasteiger partial charge is 0.367 e. The number of nitrogens with one attached hydrogen (secondary N) is 1. The predicted molar refractivity (Wildman–Crippen MR) is 98.8 cm³/mol. The molecule has 1 aromatic carbocycles. The number of aryl methyl sites for hydroxylation is 2. The van der Waals surface area contributed by atoms with Crippen LogP contribution in [0.25, 0.3) is 16.2 Å². The van der Waals surface area contributed by atoms with Gasteiger partial charge in [0.2, 0.25) is 0 Å². The van der Waals surface area contributed by atoms with Crippen molar-refractivity contribution in [2.24, 2.45) is 0 Å². The van der Waals surface area contributed by atoms with Gasteiger partial charge in [-0.1, -0.05) is 24.4 Å². The van der Waals surface area contributed by atoms with Gasteiger partial charge in [-0.3, -0.25) is 4.40 Å². The molecule has 1 saturated carbocycles. The number of halogens is 2. The molecule has 0 radical (unpaired) electrons. The maximum atomic E-state index is 13.4. The molecule has 0 saturated heterocycles. The average Bonchev–Trinajstić information content (AvgIpc) is 3.21. The van der Waals surface area contributed by atoms with Gasteiger partial charge in [-0.05, 0) is 44.9 Å². The second kappa shape index (κ2) is 6.05. The van der Waals surface area contributed by atoms with Gasteiger partial charge in [-0.25, -0.2) is 9.37 Å². The number of hydrogen-bond acceptors (Lipinski definition) is 3. The van der Waals surface area contributed by atoms with Gasteiger partial charge in [0.25, 0.3) is 0 Å². The van der Waals surface area contributed by atoms with Crippen LogP contribution in [-0.2, 0) is 0 Å². The molecule has 3 nitrogen and oxygen atoms in total. The minimum atomic E-state index is -0.331. The first-order chi connectivity index (χ1) is 11.5. The molecule has 1 fully saturated rings. The van der Waals surface area contributed by atoms with Crippen LogP contribution in [0, 0.1) is 19.7 Å². The summed E-state index contributed by atoms with van der Waals surface area (Å²) in [5.41, 5.74) is 2.76. The van der Waals surface area contributed by atoms with Crippen LogP contribution < -0.4 is 5.32 Å². The summed E-state index contributed by atoms with van der Waals surface area (Å²) < 4.78 is 15.6. The first kappa shape index (κ1) is 15.9. The Morgan fingerprint density at radius 2 is 2.04 bits per heavy atom. The smallest absolute Gasteiger partial charge is 0.196 e. The lowest BCUT2D eigenvalue weighted by Gasteiger charge is -2.15. The lowest BCUT2D eigenvalue weighted by Crippen LogP contribution is -2.16. The maximum absolute atomic E-state index is 13.4.